The van der Waals surface area contributed by atoms with Crippen LogP contribution in [-0.2, 0) is 9.47 Å². The second-order valence-electron chi connectivity index (χ2n) is 3.49. The number of ether oxygens (including phenoxy) is 3. The van der Waals surface area contributed by atoms with Crippen LogP contribution in [0.3, 0.4) is 0 Å². The van der Waals surface area contributed by atoms with Crippen molar-refractivity contribution in [3.63, 3.8) is 0 Å². The highest BCUT2D eigenvalue weighted by Crippen LogP contribution is 2.24. The summed E-state index contributed by atoms with van der Waals surface area (Å²) in [5, 5.41) is 0. The molecule has 0 aromatic heterocycles. The smallest absolute Gasteiger partial charge is 0.184 e. The van der Waals surface area contributed by atoms with E-state index in [2.05, 4.69) is 6.92 Å². The first kappa shape index (κ1) is 10.5. The number of rotatable bonds is 4. The van der Waals surface area contributed by atoms with Gasteiger partial charge in [0.15, 0.2) is 6.29 Å². The first-order valence-electron chi connectivity index (χ1n) is 5.36. The average Bonchev–Trinajstić information content (AvgIpc) is 2.80. The zero-order valence-electron chi connectivity index (χ0n) is 8.94. The van der Waals surface area contributed by atoms with Crippen LogP contribution < -0.4 is 4.74 Å². The third-order valence-electron chi connectivity index (χ3n) is 2.25. The van der Waals surface area contributed by atoms with Gasteiger partial charge in [0, 0.05) is 5.56 Å². The minimum Gasteiger partial charge on any atom is -0.494 e. The standard InChI is InChI=1S/C12H16O3/c1-2-7-13-11-5-3-10(4-6-11)12-14-8-9-15-12/h3-6,12H,2,7-9H2,1H3. The van der Waals surface area contributed by atoms with Crippen molar-refractivity contribution >= 4 is 0 Å². The Morgan fingerprint density at radius 3 is 2.47 bits per heavy atom. The van der Waals surface area contributed by atoms with Gasteiger partial charge in [-0.15, -0.1) is 0 Å². The fraction of sp³-hybridized carbons (Fsp3) is 0.500. The van der Waals surface area contributed by atoms with Crippen molar-refractivity contribution in [1.29, 1.82) is 0 Å². The molecule has 82 valence electrons. The van der Waals surface area contributed by atoms with Crippen LogP contribution in [0.15, 0.2) is 24.3 Å². The summed E-state index contributed by atoms with van der Waals surface area (Å²) in [4.78, 5) is 0. The normalized spacial score (nSPS) is 16.9. The Hall–Kier alpha value is -1.06. The molecule has 3 heteroatoms. The largest absolute Gasteiger partial charge is 0.494 e. The van der Waals surface area contributed by atoms with Gasteiger partial charge in [0.2, 0.25) is 0 Å². The molecule has 1 saturated heterocycles. The third kappa shape index (κ3) is 2.70. The van der Waals surface area contributed by atoms with Crippen molar-refractivity contribution < 1.29 is 14.2 Å². The zero-order chi connectivity index (χ0) is 10.5. The monoisotopic (exact) mass is 208 g/mol. The lowest BCUT2D eigenvalue weighted by Gasteiger charge is -2.10. The van der Waals surface area contributed by atoms with Crippen molar-refractivity contribution in [2.24, 2.45) is 0 Å². The van der Waals surface area contributed by atoms with Gasteiger partial charge in [0.25, 0.3) is 0 Å². The first-order valence-corrected chi connectivity index (χ1v) is 5.36. The van der Waals surface area contributed by atoms with Crippen LogP contribution in [0, 0.1) is 0 Å². The summed E-state index contributed by atoms with van der Waals surface area (Å²) in [6.45, 7) is 4.21. The maximum atomic E-state index is 5.49. The lowest BCUT2D eigenvalue weighted by Crippen LogP contribution is -1.99. The summed E-state index contributed by atoms with van der Waals surface area (Å²) in [7, 11) is 0. The Morgan fingerprint density at radius 1 is 1.20 bits per heavy atom. The van der Waals surface area contributed by atoms with Gasteiger partial charge in [-0.05, 0) is 18.6 Å². The van der Waals surface area contributed by atoms with Crippen LogP contribution in [0.2, 0.25) is 0 Å². The van der Waals surface area contributed by atoms with E-state index >= 15 is 0 Å². The molecule has 1 aromatic carbocycles. The molecule has 0 radical (unpaired) electrons. The average molecular weight is 208 g/mol. The maximum absolute atomic E-state index is 5.49. The molecule has 3 nitrogen and oxygen atoms in total. The fourth-order valence-electron chi connectivity index (χ4n) is 1.49. The van der Waals surface area contributed by atoms with Gasteiger partial charge in [-0.25, -0.2) is 0 Å². The summed E-state index contributed by atoms with van der Waals surface area (Å²) < 4.78 is 16.3. The molecule has 1 aliphatic heterocycles. The van der Waals surface area contributed by atoms with Crippen LogP contribution in [0.4, 0.5) is 0 Å². The van der Waals surface area contributed by atoms with Gasteiger partial charge in [0.05, 0.1) is 19.8 Å². The summed E-state index contributed by atoms with van der Waals surface area (Å²) in [5.41, 5.74) is 1.05. The van der Waals surface area contributed by atoms with Crippen LogP contribution in [0.1, 0.15) is 25.2 Å². The molecule has 0 aliphatic carbocycles. The molecule has 15 heavy (non-hydrogen) atoms. The van der Waals surface area contributed by atoms with Crippen molar-refractivity contribution in [3.05, 3.63) is 29.8 Å². The minimum atomic E-state index is -0.190. The number of hydrogen-bond donors (Lipinski definition) is 0. The summed E-state index contributed by atoms with van der Waals surface area (Å²) in [6, 6.07) is 7.88. The van der Waals surface area contributed by atoms with Gasteiger partial charge in [0.1, 0.15) is 5.75 Å². The van der Waals surface area contributed by atoms with E-state index in [1.54, 1.807) is 0 Å². The second-order valence-corrected chi connectivity index (χ2v) is 3.49. The molecular weight excluding hydrogens is 192 g/mol. The van der Waals surface area contributed by atoms with Crippen molar-refractivity contribution in [3.8, 4) is 5.75 Å². The summed E-state index contributed by atoms with van der Waals surface area (Å²) in [5.74, 6) is 0.901. The number of hydrogen-bond acceptors (Lipinski definition) is 3. The Morgan fingerprint density at radius 2 is 1.87 bits per heavy atom. The highest BCUT2D eigenvalue weighted by Gasteiger charge is 2.17. The van der Waals surface area contributed by atoms with Crippen molar-refractivity contribution in [2.75, 3.05) is 19.8 Å². The minimum absolute atomic E-state index is 0.190. The molecule has 0 bridgehead atoms. The van der Waals surface area contributed by atoms with Crippen LogP contribution in [0.5, 0.6) is 5.75 Å². The Labute approximate surface area is 90.0 Å². The Kier molecular flexibility index (Phi) is 3.59. The van der Waals surface area contributed by atoms with E-state index < -0.39 is 0 Å². The molecule has 1 aliphatic rings. The van der Waals surface area contributed by atoms with E-state index in [4.69, 9.17) is 14.2 Å². The van der Waals surface area contributed by atoms with Crippen molar-refractivity contribution in [2.45, 2.75) is 19.6 Å². The molecule has 1 fully saturated rings. The van der Waals surface area contributed by atoms with Gasteiger partial charge < -0.3 is 14.2 Å². The predicted octanol–water partition coefficient (Wildman–Crippen LogP) is 2.52. The molecule has 1 heterocycles. The fourth-order valence-corrected chi connectivity index (χ4v) is 1.49. The molecule has 0 saturated carbocycles. The zero-order valence-corrected chi connectivity index (χ0v) is 8.94. The van der Waals surface area contributed by atoms with E-state index in [9.17, 15) is 0 Å². The van der Waals surface area contributed by atoms with E-state index in [0.717, 1.165) is 24.3 Å². The lowest BCUT2D eigenvalue weighted by atomic mass is 10.2. The van der Waals surface area contributed by atoms with Crippen LogP contribution in [0.25, 0.3) is 0 Å². The second kappa shape index (κ2) is 5.14. The molecule has 1 aromatic rings. The van der Waals surface area contributed by atoms with E-state index in [1.807, 2.05) is 24.3 Å². The quantitative estimate of drug-likeness (QED) is 0.761. The van der Waals surface area contributed by atoms with Crippen LogP contribution in [-0.4, -0.2) is 19.8 Å². The predicted molar refractivity (Wildman–Crippen MR) is 56.9 cm³/mol. The van der Waals surface area contributed by atoms with Gasteiger partial charge in [-0.1, -0.05) is 19.1 Å². The van der Waals surface area contributed by atoms with Crippen molar-refractivity contribution in [1.82, 2.24) is 0 Å². The van der Waals surface area contributed by atoms with E-state index in [0.29, 0.717) is 13.2 Å². The molecule has 0 atom stereocenters. The highest BCUT2D eigenvalue weighted by atomic mass is 16.7. The maximum Gasteiger partial charge on any atom is 0.184 e. The van der Waals surface area contributed by atoms with Gasteiger partial charge in [-0.3, -0.25) is 0 Å². The Balaban J connectivity index is 1.96. The van der Waals surface area contributed by atoms with Crippen LogP contribution >= 0.6 is 0 Å². The molecule has 0 amide bonds. The molecule has 0 spiro atoms. The number of benzene rings is 1. The lowest BCUT2D eigenvalue weighted by molar-refractivity contribution is -0.0441. The van der Waals surface area contributed by atoms with E-state index in [-0.39, 0.29) is 6.29 Å². The molecule has 2 rings (SSSR count). The summed E-state index contributed by atoms with van der Waals surface area (Å²) in [6.07, 6.45) is 0.835. The Bertz CT molecular complexity index is 288. The first-order chi connectivity index (χ1) is 7.40. The van der Waals surface area contributed by atoms with E-state index in [1.165, 1.54) is 0 Å². The van der Waals surface area contributed by atoms with Gasteiger partial charge >= 0.3 is 0 Å². The topological polar surface area (TPSA) is 27.7 Å². The SMILES string of the molecule is CCCOc1ccc(C2OCCO2)cc1. The highest BCUT2D eigenvalue weighted by molar-refractivity contribution is 5.28. The molecule has 0 unspecified atom stereocenters. The summed E-state index contributed by atoms with van der Waals surface area (Å²) >= 11 is 0. The third-order valence-corrected chi connectivity index (χ3v) is 2.25. The molecule has 0 N–H and O–H groups in total. The van der Waals surface area contributed by atoms with Gasteiger partial charge in [-0.2, -0.15) is 0 Å². The molecular formula is C12H16O3.